The van der Waals surface area contributed by atoms with Crippen molar-refractivity contribution in [2.24, 2.45) is 5.73 Å². The van der Waals surface area contributed by atoms with E-state index in [1.54, 1.807) is 12.1 Å². The maximum absolute atomic E-state index is 14.2. The zero-order valence-electron chi connectivity index (χ0n) is 22.3. The van der Waals surface area contributed by atoms with Gasteiger partial charge >= 0.3 is 0 Å². The van der Waals surface area contributed by atoms with Gasteiger partial charge in [0.05, 0.1) is 24.2 Å². The zero-order valence-corrected chi connectivity index (χ0v) is 22.3. The fourth-order valence-electron chi connectivity index (χ4n) is 5.47. The molecule has 1 aliphatic rings. The molecule has 224 valence electrons. The van der Waals surface area contributed by atoms with E-state index < -0.39 is 78.1 Å². The second kappa shape index (κ2) is 11.6. The number of nitrogens with two attached hydrogens (primary N) is 1. The van der Waals surface area contributed by atoms with Gasteiger partial charge in [-0.3, -0.25) is 19.3 Å². The molecule has 2 aromatic carbocycles. The fraction of sp³-hybridized carbons (Fsp3) is 0.267. The van der Waals surface area contributed by atoms with Crippen molar-refractivity contribution >= 4 is 11.7 Å². The van der Waals surface area contributed by atoms with Gasteiger partial charge in [0.2, 0.25) is 0 Å². The smallest absolute Gasteiger partial charge is 0.282 e. The molecule has 0 spiro atoms. The van der Waals surface area contributed by atoms with E-state index in [0.717, 1.165) is 22.9 Å². The van der Waals surface area contributed by atoms with E-state index in [9.17, 15) is 40.3 Å². The number of primary amides is 1. The molecule has 0 bridgehead atoms. The van der Waals surface area contributed by atoms with Crippen LogP contribution in [0.5, 0.6) is 0 Å². The van der Waals surface area contributed by atoms with Crippen molar-refractivity contribution in [1.29, 1.82) is 0 Å². The van der Waals surface area contributed by atoms with Gasteiger partial charge in [-0.15, -0.1) is 0 Å². The number of benzene rings is 2. The SMILES string of the molecule is NC(=O)c1cc(-c2cccnc2[C@@H](CC(=O)Cn2nc(C(F)F)c3c2CC(F)(F)C3)Cc2cc(F)cc(F)c2)ccc1F. The number of Topliss-reactive ketones (excluding diaryl/α,β-unsaturated/α-hetero) is 1. The van der Waals surface area contributed by atoms with Crippen LogP contribution in [0.4, 0.5) is 30.7 Å². The van der Waals surface area contributed by atoms with Crippen molar-refractivity contribution in [2.75, 3.05) is 0 Å². The number of hydrogen-bond donors (Lipinski definition) is 1. The molecule has 0 aliphatic heterocycles. The largest absolute Gasteiger partial charge is 0.366 e. The summed E-state index contributed by atoms with van der Waals surface area (Å²) >= 11 is 0. The van der Waals surface area contributed by atoms with Crippen molar-refractivity contribution in [2.45, 2.75) is 50.5 Å². The average Bonchev–Trinajstić information content (AvgIpc) is 3.41. The first-order chi connectivity index (χ1) is 20.3. The third-order valence-corrected chi connectivity index (χ3v) is 7.24. The minimum absolute atomic E-state index is 0.119. The van der Waals surface area contributed by atoms with Crippen molar-refractivity contribution in [3.8, 4) is 11.1 Å². The topological polar surface area (TPSA) is 90.9 Å². The lowest BCUT2D eigenvalue weighted by molar-refractivity contribution is -0.120. The lowest BCUT2D eigenvalue weighted by atomic mass is 9.86. The van der Waals surface area contributed by atoms with Gasteiger partial charge in [0, 0.05) is 47.8 Å². The summed E-state index contributed by atoms with van der Waals surface area (Å²) in [5.41, 5.74) is 4.74. The van der Waals surface area contributed by atoms with Gasteiger partial charge in [0.1, 0.15) is 23.1 Å². The minimum atomic E-state index is -3.26. The molecule has 0 saturated heterocycles. The molecule has 0 unspecified atom stereocenters. The van der Waals surface area contributed by atoms with E-state index in [0.29, 0.717) is 17.2 Å². The Morgan fingerprint density at radius 1 is 0.977 bits per heavy atom. The summed E-state index contributed by atoms with van der Waals surface area (Å²) in [6.07, 6.45) is -3.96. The lowest BCUT2D eigenvalue weighted by Crippen LogP contribution is -2.21. The molecule has 2 heterocycles. The van der Waals surface area contributed by atoms with Crippen LogP contribution in [0.2, 0.25) is 0 Å². The van der Waals surface area contributed by atoms with Crippen LogP contribution in [-0.4, -0.2) is 32.4 Å². The summed E-state index contributed by atoms with van der Waals surface area (Å²) in [5, 5.41) is 3.74. The molecule has 4 aromatic rings. The number of carbonyl (C=O) groups excluding carboxylic acids is 2. The minimum Gasteiger partial charge on any atom is -0.366 e. The van der Waals surface area contributed by atoms with Crippen LogP contribution in [0, 0.1) is 17.5 Å². The van der Waals surface area contributed by atoms with E-state index in [1.807, 2.05) is 0 Å². The molecule has 1 atom stereocenters. The Balaban J connectivity index is 1.52. The van der Waals surface area contributed by atoms with Crippen LogP contribution in [0.15, 0.2) is 54.7 Å². The number of nitrogens with zero attached hydrogens (tertiary/aromatic N) is 3. The molecule has 2 N–H and O–H groups in total. The number of halogens is 7. The number of fused-ring (bicyclic) bond motifs is 1. The predicted molar refractivity (Wildman–Crippen MR) is 140 cm³/mol. The molecule has 43 heavy (non-hydrogen) atoms. The van der Waals surface area contributed by atoms with E-state index in [4.69, 9.17) is 5.73 Å². The van der Waals surface area contributed by atoms with Crippen molar-refractivity contribution < 1.29 is 40.3 Å². The number of carbonyl (C=O) groups is 2. The third kappa shape index (κ3) is 6.45. The Kier molecular flexibility index (Phi) is 8.08. The number of ketones is 1. The number of aromatic nitrogens is 3. The second-order valence-electron chi connectivity index (χ2n) is 10.4. The molecule has 6 nitrogen and oxygen atoms in total. The molecule has 5 rings (SSSR count). The monoisotopic (exact) mass is 604 g/mol. The number of hydrogen-bond acceptors (Lipinski definition) is 4. The molecule has 2 aromatic heterocycles. The molecule has 0 saturated carbocycles. The van der Waals surface area contributed by atoms with Crippen molar-refractivity contribution in [3.63, 3.8) is 0 Å². The fourth-order valence-corrected chi connectivity index (χ4v) is 5.47. The maximum atomic E-state index is 14.2. The van der Waals surface area contributed by atoms with Crippen LogP contribution in [0.25, 0.3) is 11.1 Å². The van der Waals surface area contributed by atoms with E-state index in [2.05, 4.69) is 10.1 Å². The normalized spacial score (nSPS) is 14.6. The summed E-state index contributed by atoms with van der Waals surface area (Å²) < 4.78 is 98.4. The lowest BCUT2D eigenvalue weighted by Gasteiger charge is -2.20. The molecular weight excluding hydrogens is 581 g/mol. The predicted octanol–water partition coefficient (Wildman–Crippen LogP) is 6.12. The quantitative estimate of drug-likeness (QED) is 0.221. The Labute approximate surface area is 240 Å². The highest BCUT2D eigenvalue weighted by molar-refractivity contribution is 5.94. The molecule has 0 radical (unpaired) electrons. The van der Waals surface area contributed by atoms with Crippen molar-refractivity contribution in [1.82, 2.24) is 14.8 Å². The van der Waals surface area contributed by atoms with Crippen LogP contribution in [0.1, 0.15) is 57.3 Å². The van der Waals surface area contributed by atoms with Gasteiger partial charge in [-0.25, -0.2) is 30.7 Å². The van der Waals surface area contributed by atoms with Gasteiger partial charge in [-0.05, 0) is 47.9 Å². The maximum Gasteiger partial charge on any atom is 0.282 e. The van der Waals surface area contributed by atoms with Gasteiger partial charge in [-0.1, -0.05) is 12.1 Å². The summed E-state index contributed by atoms with van der Waals surface area (Å²) in [6, 6.07) is 9.55. The molecule has 1 aliphatic carbocycles. The molecule has 13 heteroatoms. The molecule has 1 amide bonds. The highest BCUT2D eigenvalue weighted by Crippen LogP contribution is 2.39. The Morgan fingerprint density at radius 2 is 1.70 bits per heavy atom. The summed E-state index contributed by atoms with van der Waals surface area (Å²) in [4.78, 5) is 29.5. The first-order valence-corrected chi connectivity index (χ1v) is 13.1. The summed E-state index contributed by atoms with van der Waals surface area (Å²) in [5.74, 6) is -8.34. The average molecular weight is 605 g/mol. The second-order valence-corrected chi connectivity index (χ2v) is 10.4. The Bertz CT molecular complexity index is 1700. The molecular formula is C30H23F7N4O2. The zero-order chi connectivity index (χ0) is 31.1. The van der Waals surface area contributed by atoms with Crippen LogP contribution < -0.4 is 5.73 Å². The van der Waals surface area contributed by atoms with Crippen molar-refractivity contribution in [3.05, 3.63) is 106 Å². The first kappa shape index (κ1) is 29.9. The van der Waals surface area contributed by atoms with Gasteiger partial charge < -0.3 is 5.73 Å². The first-order valence-electron chi connectivity index (χ1n) is 13.1. The van der Waals surface area contributed by atoms with E-state index >= 15 is 0 Å². The van der Waals surface area contributed by atoms with Gasteiger partial charge in [-0.2, -0.15) is 5.10 Å². The number of rotatable bonds is 10. The van der Waals surface area contributed by atoms with E-state index in [-0.39, 0.29) is 35.4 Å². The Hall–Kier alpha value is -4.55. The van der Waals surface area contributed by atoms with Gasteiger partial charge in [0.25, 0.3) is 18.3 Å². The van der Waals surface area contributed by atoms with Crippen LogP contribution >= 0.6 is 0 Å². The van der Waals surface area contributed by atoms with E-state index in [1.165, 1.54) is 18.3 Å². The highest BCUT2D eigenvalue weighted by Gasteiger charge is 2.43. The van der Waals surface area contributed by atoms with Crippen LogP contribution in [-0.2, 0) is 30.6 Å². The van der Waals surface area contributed by atoms with Crippen LogP contribution in [0.3, 0.4) is 0 Å². The Morgan fingerprint density at radius 3 is 2.37 bits per heavy atom. The third-order valence-electron chi connectivity index (χ3n) is 7.24. The molecule has 0 fully saturated rings. The highest BCUT2D eigenvalue weighted by atomic mass is 19.3. The number of amides is 1. The van der Waals surface area contributed by atoms with Gasteiger partial charge in [0.15, 0.2) is 5.78 Å². The number of pyridine rings is 1. The summed E-state index contributed by atoms with van der Waals surface area (Å²) in [7, 11) is 0. The number of alkyl halides is 4. The summed E-state index contributed by atoms with van der Waals surface area (Å²) in [6.45, 7) is -0.607. The standard InChI is InChI=1S/C30H23F7N4O2/c31-18-7-15(8-19(32)11-18)6-17(26-21(2-1-5-39-26)16-3-4-24(33)22(10-16)29(38)43)9-20(42)14-41-25-13-30(36,37)12-23(25)27(40-41)28(34)35/h1-5,7-8,10-11,17,28H,6,9,12-14H2,(H2,38,43)/t17-/m1/s1.